The number of urea groups is 1. The van der Waals surface area contributed by atoms with Gasteiger partial charge in [0.2, 0.25) is 0 Å². The Morgan fingerprint density at radius 3 is 2.55 bits per heavy atom. The Labute approximate surface area is 191 Å². The van der Waals surface area contributed by atoms with Crippen molar-refractivity contribution in [2.75, 3.05) is 17.7 Å². The van der Waals surface area contributed by atoms with Crippen LogP contribution in [0.5, 0.6) is 5.75 Å². The maximum absolute atomic E-state index is 12.3. The number of aromatic nitrogens is 2. The molecule has 0 atom stereocenters. The van der Waals surface area contributed by atoms with Gasteiger partial charge < -0.3 is 15.4 Å². The maximum Gasteiger partial charge on any atom is 0.325 e. The van der Waals surface area contributed by atoms with Gasteiger partial charge in [-0.25, -0.2) is 14.8 Å². The number of nitrogens with one attached hydrogen (secondary N) is 3. The molecule has 3 rings (SSSR count). The van der Waals surface area contributed by atoms with E-state index in [-0.39, 0.29) is 23.9 Å². The lowest BCUT2D eigenvalue weighted by atomic mass is 10.1. The normalized spacial score (nSPS) is 9.84. The molecule has 1 aromatic heterocycles. The summed E-state index contributed by atoms with van der Waals surface area (Å²) in [5.41, 5.74) is 2.58. The molecule has 0 aliphatic rings. The van der Waals surface area contributed by atoms with E-state index in [1.54, 1.807) is 12.1 Å². The minimum atomic E-state index is -0.543. The summed E-state index contributed by atoms with van der Waals surface area (Å²) in [7, 11) is 1.51. The molecular formula is C21H20Cl2N6O2. The fourth-order valence-electron chi connectivity index (χ4n) is 2.66. The molecule has 3 aromatic rings. The van der Waals surface area contributed by atoms with E-state index in [0.717, 1.165) is 5.56 Å². The number of rotatable bonds is 7. The molecule has 1 heterocycles. The smallest absolute Gasteiger partial charge is 0.325 e. The second-order valence-electron chi connectivity index (χ2n) is 6.21. The van der Waals surface area contributed by atoms with Gasteiger partial charge in [0.15, 0.2) is 11.5 Å². The second kappa shape index (κ2) is 11.7. The van der Waals surface area contributed by atoms with E-state index in [1.807, 2.05) is 36.4 Å². The summed E-state index contributed by atoms with van der Waals surface area (Å²) in [6.45, 7) is 1.24. The number of nitrogens with zero attached hydrogens (tertiary/aromatic N) is 3. The van der Waals surface area contributed by atoms with Crippen molar-refractivity contribution in [3.05, 3.63) is 76.7 Å². The van der Waals surface area contributed by atoms with Gasteiger partial charge in [-0.15, -0.1) is 12.4 Å². The number of methoxy groups -OCH3 is 1. The predicted octanol–water partition coefficient (Wildman–Crippen LogP) is 4.37. The van der Waals surface area contributed by atoms with E-state index in [0.29, 0.717) is 29.5 Å². The van der Waals surface area contributed by atoms with Crippen LogP contribution in [0.25, 0.3) is 0 Å². The first-order valence-corrected chi connectivity index (χ1v) is 9.38. The average Bonchev–Trinajstić information content (AvgIpc) is 2.76. The van der Waals surface area contributed by atoms with Gasteiger partial charge >= 0.3 is 6.03 Å². The Bertz CT molecular complexity index is 1060. The zero-order valence-electron chi connectivity index (χ0n) is 16.6. The number of halogens is 2. The molecule has 2 aromatic carbocycles. The highest BCUT2D eigenvalue weighted by molar-refractivity contribution is 6.31. The van der Waals surface area contributed by atoms with Gasteiger partial charge in [-0.1, -0.05) is 41.9 Å². The van der Waals surface area contributed by atoms with E-state index in [2.05, 4.69) is 25.9 Å². The minimum Gasteiger partial charge on any atom is -0.495 e. The van der Waals surface area contributed by atoms with Crippen molar-refractivity contribution < 1.29 is 9.53 Å². The number of anilines is 2. The molecule has 8 nitrogen and oxygen atoms in total. The molecule has 0 spiro atoms. The molecule has 0 aliphatic heterocycles. The summed E-state index contributed by atoms with van der Waals surface area (Å²) < 4.78 is 5.39. The molecule has 160 valence electrons. The number of amides is 2. The number of benzene rings is 2. The Morgan fingerprint density at radius 1 is 1.13 bits per heavy atom. The highest BCUT2D eigenvalue weighted by Gasteiger charge is 2.13. The first-order chi connectivity index (χ1) is 14.6. The lowest BCUT2D eigenvalue weighted by Gasteiger charge is -2.14. The lowest BCUT2D eigenvalue weighted by molar-refractivity contribution is 0.262. The molecule has 10 heteroatoms. The summed E-state index contributed by atoms with van der Waals surface area (Å²) >= 11 is 6.40. The molecule has 0 radical (unpaired) electrons. The minimum absolute atomic E-state index is 0. The Kier molecular flexibility index (Phi) is 9.03. The number of carbonyl (C=O) groups excluding carboxylic acids is 1. The zero-order valence-corrected chi connectivity index (χ0v) is 18.1. The molecule has 0 fully saturated rings. The SMILES string of the molecule is COc1cc(CNCc2ccccc2)c(Cl)cc1NC(=O)Nc1cnc(C#N)cn1.Cl. The molecule has 3 N–H and O–H groups in total. The van der Waals surface area contributed by atoms with Gasteiger partial charge in [0, 0.05) is 18.1 Å². The predicted molar refractivity (Wildman–Crippen MR) is 122 cm³/mol. The third-order valence-electron chi connectivity index (χ3n) is 4.11. The quantitative estimate of drug-likeness (QED) is 0.484. The topological polar surface area (TPSA) is 112 Å². The fourth-order valence-corrected chi connectivity index (χ4v) is 2.89. The van der Waals surface area contributed by atoms with Gasteiger partial charge in [-0.2, -0.15) is 5.26 Å². The van der Waals surface area contributed by atoms with Crippen LogP contribution in [-0.2, 0) is 13.1 Å². The number of nitriles is 1. The van der Waals surface area contributed by atoms with Crippen LogP contribution in [0.4, 0.5) is 16.3 Å². The summed E-state index contributed by atoms with van der Waals surface area (Å²) in [6, 6.07) is 14.8. The molecule has 0 aliphatic carbocycles. The van der Waals surface area contributed by atoms with E-state index >= 15 is 0 Å². The largest absolute Gasteiger partial charge is 0.495 e. The van der Waals surface area contributed by atoms with Crippen LogP contribution in [0.1, 0.15) is 16.8 Å². The summed E-state index contributed by atoms with van der Waals surface area (Å²) in [5.74, 6) is 0.676. The standard InChI is InChI=1S/C21H19ClN6O2.ClH/c1-30-19-7-15(11-24-10-14-5-3-2-4-6-14)17(22)8-18(19)27-21(29)28-20-13-25-16(9-23)12-26-20;/h2-8,12-13,24H,10-11H2,1H3,(H2,26,27,28,29);1H. The van der Waals surface area contributed by atoms with Crippen LogP contribution < -0.4 is 20.7 Å². The van der Waals surface area contributed by atoms with Crippen molar-refractivity contribution in [3.8, 4) is 11.8 Å². The van der Waals surface area contributed by atoms with E-state index in [4.69, 9.17) is 21.6 Å². The highest BCUT2D eigenvalue weighted by atomic mass is 35.5. The van der Waals surface area contributed by atoms with Crippen LogP contribution in [0, 0.1) is 11.3 Å². The average molecular weight is 459 g/mol. The van der Waals surface area contributed by atoms with Gasteiger partial charge in [-0.3, -0.25) is 5.32 Å². The lowest BCUT2D eigenvalue weighted by Crippen LogP contribution is -2.21. The van der Waals surface area contributed by atoms with Crippen molar-refractivity contribution in [2.45, 2.75) is 13.1 Å². The molecule has 0 unspecified atom stereocenters. The Balaban J connectivity index is 0.00000341. The van der Waals surface area contributed by atoms with Crippen molar-refractivity contribution in [1.29, 1.82) is 5.26 Å². The molecule has 0 bridgehead atoms. The zero-order chi connectivity index (χ0) is 21.3. The van der Waals surface area contributed by atoms with Gasteiger partial charge in [0.1, 0.15) is 11.8 Å². The number of hydrogen-bond acceptors (Lipinski definition) is 6. The fraction of sp³-hybridized carbons (Fsp3) is 0.143. The van der Waals surface area contributed by atoms with Crippen LogP contribution in [-0.4, -0.2) is 23.1 Å². The van der Waals surface area contributed by atoms with Crippen molar-refractivity contribution >= 4 is 41.5 Å². The third-order valence-corrected chi connectivity index (χ3v) is 4.46. The van der Waals surface area contributed by atoms with Crippen LogP contribution in [0.3, 0.4) is 0 Å². The van der Waals surface area contributed by atoms with E-state index < -0.39 is 6.03 Å². The van der Waals surface area contributed by atoms with E-state index in [1.165, 1.54) is 25.1 Å². The van der Waals surface area contributed by atoms with Gasteiger partial charge in [-0.05, 0) is 23.3 Å². The number of hydrogen-bond donors (Lipinski definition) is 3. The highest BCUT2D eigenvalue weighted by Crippen LogP contribution is 2.31. The first kappa shape index (κ1) is 23.9. The van der Waals surface area contributed by atoms with E-state index in [9.17, 15) is 4.79 Å². The van der Waals surface area contributed by atoms with Crippen molar-refractivity contribution in [2.24, 2.45) is 0 Å². The summed E-state index contributed by atoms with van der Waals surface area (Å²) in [6.07, 6.45) is 2.56. The van der Waals surface area contributed by atoms with Crippen LogP contribution in [0.15, 0.2) is 54.9 Å². The molecule has 0 saturated heterocycles. The Morgan fingerprint density at radius 2 is 1.90 bits per heavy atom. The monoisotopic (exact) mass is 458 g/mol. The third kappa shape index (κ3) is 6.83. The number of ether oxygens (including phenoxy) is 1. The molecular weight excluding hydrogens is 439 g/mol. The second-order valence-corrected chi connectivity index (χ2v) is 6.62. The van der Waals surface area contributed by atoms with Crippen molar-refractivity contribution in [1.82, 2.24) is 15.3 Å². The number of carbonyl (C=O) groups is 1. The maximum atomic E-state index is 12.3. The van der Waals surface area contributed by atoms with Gasteiger partial charge in [0.05, 0.1) is 25.2 Å². The van der Waals surface area contributed by atoms with Crippen molar-refractivity contribution in [3.63, 3.8) is 0 Å². The molecule has 0 saturated carbocycles. The Hall–Kier alpha value is -3.38. The molecule has 2 amide bonds. The first-order valence-electron chi connectivity index (χ1n) is 9.00. The summed E-state index contributed by atoms with van der Waals surface area (Å²) in [4.78, 5) is 20.1. The summed E-state index contributed by atoms with van der Waals surface area (Å²) in [5, 5.41) is 17.8. The van der Waals surface area contributed by atoms with Gasteiger partial charge in [0.25, 0.3) is 0 Å². The molecule has 31 heavy (non-hydrogen) atoms. The van der Waals surface area contributed by atoms with Crippen LogP contribution in [0.2, 0.25) is 5.02 Å². The van der Waals surface area contributed by atoms with Crippen LogP contribution >= 0.6 is 24.0 Å².